The van der Waals surface area contributed by atoms with Crippen LogP contribution in [-0.4, -0.2) is 58.1 Å². The lowest BCUT2D eigenvalue weighted by Gasteiger charge is -2.34. The molecule has 1 saturated heterocycles. The van der Waals surface area contributed by atoms with Crippen LogP contribution < -0.4 is 0 Å². The molecule has 0 unspecified atom stereocenters. The normalized spacial score (nSPS) is 16.6. The van der Waals surface area contributed by atoms with Gasteiger partial charge >= 0.3 is 0 Å². The molecule has 1 aromatic rings. The molecule has 104 valence electrons. The van der Waals surface area contributed by atoms with Crippen LogP contribution in [0.25, 0.3) is 0 Å². The Morgan fingerprint density at radius 3 is 2.74 bits per heavy atom. The third-order valence-electron chi connectivity index (χ3n) is 3.29. The van der Waals surface area contributed by atoms with Crippen molar-refractivity contribution in [3.8, 4) is 0 Å². The van der Waals surface area contributed by atoms with Crippen molar-refractivity contribution in [1.29, 1.82) is 0 Å². The van der Waals surface area contributed by atoms with E-state index in [2.05, 4.69) is 14.9 Å². The van der Waals surface area contributed by atoms with Crippen LogP contribution >= 0.6 is 11.8 Å². The quantitative estimate of drug-likeness (QED) is 0.614. The van der Waals surface area contributed by atoms with Gasteiger partial charge in [-0.3, -0.25) is 9.69 Å². The lowest BCUT2D eigenvalue weighted by Crippen LogP contribution is -2.48. The topological polar surface area (TPSA) is 49.3 Å². The SMILES string of the molecule is CCC(=O)N1CCN(Cc2ccnc(SC)n2)CC1. The summed E-state index contributed by atoms with van der Waals surface area (Å²) in [5.41, 5.74) is 1.05. The zero-order valence-electron chi connectivity index (χ0n) is 11.5. The monoisotopic (exact) mass is 280 g/mol. The van der Waals surface area contributed by atoms with Crippen molar-refractivity contribution in [3.63, 3.8) is 0 Å². The van der Waals surface area contributed by atoms with Crippen molar-refractivity contribution >= 4 is 17.7 Å². The summed E-state index contributed by atoms with van der Waals surface area (Å²) in [4.78, 5) is 24.5. The maximum absolute atomic E-state index is 11.6. The molecule has 1 aromatic heterocycles. The van der Waals surface area contributed by atoms with E-state index in [0.29, 0.717) is 6.42 Å². The van der Waals surface area contributed by atoms with Gasteiger partial charge in [0.05, 0.1) is 5.69 Å². The molecule has 0 N–H and O–H groups in total. The van der Waals surface area contributed by atoms with Gasteiger partial charge in [-0.2, -0.15) is 0 Å². The first-order chi connectivity index (χ1) is 9.22. The summed E-state index contributed by atoms with van der Waals surface area (Å²) in [6.07, 6.45) is 4.39. The van der Waals surface area contributed by atoms with Gasteiger partial charge in [0.2, 0.25) is 5.91 Å². The molecule has 0 saturated carbocycles. The smallest absolute Gasteiger partial charge is 0.222 e. The fourth-order valence-corrected chi connectivity index (χ4v) is 2.55. The van der Waals surface area contributed by atoms with E-state index in [-0.39, 0.29) is 5.91 Å². The number of carbonyl (C=O) groups excluding carboxylic acids is 1. The largest absolute Gasteiger partial charge is 0.340 e. The van der Waals surface area contributed by atoms with Crippen molar-refractivity contribution in [2.45, 2.75) is 25.0 Å². The van der Waals surface area contributed by atoms with Crippen molar-refractivity contribution in [2.75, 3.05) is 32.4 Å². The Morgan fingerprint density at radius 2 is 2.11 bits per heavy atom. The van der Waals surface area contributed by atoms with E-state index in [1.54, 1.807) is 11.8 Å². The molecule has 0 radical (unpaired) electrons. The highest BCUT2D eigenvalue weighted by Crippen LogP contribution is 2.11. The van der Waals surface area contributed by atoms with Crippen LogP contribution in [0.3, 0.4) is 0 Å². The highest BCUT2D eigenvalue weighted by Gasteiger charge is 2.20. The van der Waals surface area contributed by atoms with Crippen LogP contribution in [0.1, 0.15) is 19.0 Å². The molecule has 6 heteroatoms. The lowest BCUT2D eigenvalue weighted by molar-refractivity contribution is -0.132. The molecular weight excluding hydrogens is 260 g/mol. The first-order valence-electron chi connectivity index (χ1n) is 6.59. The summed E-state index contributed by atoms with van der Waals surface area (Å²) in [6, 6.07) is 1.96. The molecule has 0 atom stereocenters. The average Bonchev–Trinajstić information content (AvgIpc) is 2.47. The Kier molecular flexibility index (Phi) is 5.15. The standard InChI is InChI=1S/C13H20N4OS/c1-3-12(18)17-8-6-16(7-9-17)10-11-4-5-14-13(15-11)19-2/h4-5H,3,6-10H2,1-2H3. The van der Waals surface area contributed by atoms with E-state index in [9.17, 15) is 4.79 Å². The van der Waals surface area contributed by atoms with Gasteiger partial charge in [0.25, 0.3) is 0 Å². The van der Waals surface area contributed by atoms with Gasteiger partial charge in [-0.1, -0.05) is 18.7 Å². The highest BCUT2D eigenvalue weighted by atomic mass is 32.2. The Morgan fingerprint density at radius 1 is 1.37 bits per heavy atom. The fraction of sp³-hybridized carbons (Fsp3) is 0.615. The average molecular weight is 280 g/mol. The number of aromatic nitrogens is 2. The van der Waals surface area contributed by atoms with Gasteiger partial charge in [0.15, 0.2) is 5.16 Å². The number of rotatable bonds is 4. The Hall–Kier alpha value is -1.14. The van der Waals surface area contributed by atoms with E-state index in [0.717, 1.165) is 43.6 Å². The molecule has 0 aliphatic carbocycles. The van der Waals surface area contributed by atoms with Crippen LogP contribution in [0.2, 0.25) is 0 Å². The highest BCUT2D eigenvalue weighted by molar-refractivity contribution is 7.98. The first kappa shape index (κ1) is 14.3. The minimum atomic E-state index is 0.256. The number of piperazine rings is 1. The number of amides is 1. The Bertz CT molecular complexity index is 432. The number of thioether (sulfide) groups is 1. The molecule has 2 rings (SSSR count). The zero-order chi connectivity index (χ0) is 13.7. The summed E-state index contributed by atoms with van der Waals surface area (Å²) in [5, 5.41) is 0.817. The third kappa shape index (κ3) is 3.91. The second kappa shape index (κ2) is 6.86. The number of nitrogens with zero attached hydrogens (tertiary/aromatic N) is 4. The molecule has 19 heavy (non-hydrogen) atoms. The third-order valence-corrected chi connectivity index (χ3v) is 3.85. The maximum atomic E-state index is 11.6. The van der Waals surface area contributed by atoms with Crippen LogP contribution in [0.5, 0.6) is 0 Å². The summed E-state index contributed by atoms with van der Waals surface area (Å²) in [7, 11) is 0. The predicted molar refractivity (Wildman–Crippen MR) is 76.0 cm³/mol. The lowest BCUT2D eigenvalue weighted by atomic mass is 10.2. The van der Waals surface area contributed by atoms with Crippen LogP contribution in [0.15, 0.2) is 17.4 Å². The van der Waals surface area contributed by atoms with E-state index >= 15 is 0 Å². The summed E-state index contributed by atoms with van der Waals surface area (Å²) in [6.45, 7) is 6.25. The molecule has 2 heterocycles. The molecule has 0 spiro atoms. The summed E-state index contributed by atoms with van der Waals surface area (Å²) in [5.74, 6) is 0.256. The van der Waals surface area contributed by atoms with Gasteiger partial charge in [0, 0.05) is 45.3 Å². The molecule has 1 aliphatic heterocycles. The molecule has 1 amide bonds. The fourth-order valence-electron chi connectivity index (χ4n) is 2.17. The zero-order valence-corrected chi connectivity index (χ0v) is 12.3. The second-order valence-corrected chi connectivity index (χ2v) is 5.32. The molecule has 0 aromatic carbocycles. The minimum absolute atomic E-state index is 0.256. The first-order valence-corrected chi connectivity index (χ1v) is 7.81. The van der Waals surface area contributed by atoms with Gasteiger partial charge < -0.3 is 4.90 Å². The Labute approximate surface area is 118 Å². The van der Waals surface area contributed by atoms with Crippen LogP contribution in [0, 0.1) is 0 Å². The summed E-state index contributed by atoms with van der Waals surface area (Å²) < 4.78 is 0. The van der Waals surface area contributed by atoms with Gasteiger partial charge in [-0.15, -0.1) is 0 Å². The molecule has 5 nitrogen and oxygen atoms in total. The molecule has 0 bridgehead atoms. The molecule has 1 aliphatic rings. The van der Waals surface area contributed by atoms with E-state index < -0.39 is 0 Å². The molecular formula is C13H20N4OS. The van der Waals surface area contributed by atoms with Gasteiger partial charge in [-0.25, -0.2) is 9.97 Å². The van der Waals surface area contributed by atoms with Gasteiger partial charge in [0.1, 0.15) is 0 Å². The predicted octanol–water partition coefficient (Wildman–Crippen LogP) is 1.25. The van der Waals surface area contributed by atoms with Crippen molar-refractivity contribution in [3.05, 3.63) is 18.0 Å². The number of hydrogen-bond donors (Lipinski definition) is 0. The molecule has 1 fully saturated rings. The van der Waals surface area contributed by atoms with Gasteiger partial charge in [-0.05, 0) is 12.3 Å². The summed E-state index contributed by atoms with van der Waals surface area (Å²) >= 11 is 1.56. The van der Waals surface area contributed by atoms with Crippen LogP contribution in [0.4, 0.5) is 0 Å². The van der Waals surface area contributed by atoms with Crippen LogP contribution in [-0.2, 0) is 11.3 Å². The second-order valence-electron chi connectivity index (χ2n) is 4.55. The van der Waals surface area contributed by atoms with Crippen molar-refractivity contribution in [2.24, 2.45) is 0 Å². The van der Waals surface area contributed by atoms with E-state index in [4.69, 9.17) is 0 Å². The van der Waals surface area contributed by atoms with E-state index in [1.807, 2.05) is 30.3 Å². The minimum Gasteiger partial charge on any atom is -0.340 e. The Balaban J connectivity index is 1.86. The number of hydrogen-bond acceptors (Lipinski definition) is 5. The van der Waals surface area contributed by atoms with E-state index in [1.165, 1.54) is 0 Å². The maximum Gasteiger partial charge on any atom is 0.222 e. The van der Waals surface area contributed by atoms with Crippen molar-refractivity contribution in [1.82, 2.24) is 19.8 Å². The number of carbonyl (C=O) groups is 1. The van der Waals surface area contributed by atoms with Crippen molar-refractivity contribution < 1.29 is 4.79 Å².